The first-order valence-corrected chi connectivity index (χ1v) is 8.07. The number of ether oxygens (including phenoxy) is 1. The van der Waals surface area contributed by atoms with Crippen LogP contribution in [0, 0.1) is 10.1 Å². The van der Waals surface area contributed by atoms with E-state index in [1.165, 1.54) is 18.4 Å². The summed E-state index contributed by atoms with van der Waals surface area (Å²) in [6.07, 6.45) is 0. The Bertz CT molecular complexity index is 689. The van der Waals surface area contributed by atoms with Crippen LogP contribution in [0.4, 0.5) is 0 Å². The van der Waals surface area contributed by atoms with Gasteiger partial charge in [-0.25, -0.2) is 0 Å². The minimum Gasteiger partial charge on any atom is -0.468 e. The number of nitrogens with one attached hydrogen (secondary N) is 1. The Kier molecular flexibility index (Phi) is 4.40. The Balaban J connectivity index is 2.06. The van der Waals surface area contributed by atoms with E-state index >= 15 is 0 Å². The largest absolute Gasteiger partial charge is 0.468 e. The fourth-order valence-electron chi connectivity index (χ4n) is 3.16. The maximum Gasteiger partial charge on any atom is 0.323 e. The number of thiophene rings is 1. The number of esters is 1. The van der Waals surface area contributed by atoms with Gasteiger partial charge in [0, 0.05) is 9.80 Å². The van der Waals surface area contributed by atoms with Gasteiger partial charge in [0.1, 0.15) is 12.1 Å². The zero-order valence-corrected chi connectivity index (χ0v) is 13.2. The van der Waals surface area contributed by atoms with E-state index in [9.17, 15) is 14.9 Å². The SMILES string of the molecule is COC(=O)[C@@H]1N[C@H](c2ccccc2)[C@@H]([N+](=O)[O-])[C@@H]1c1cccs1. The van der Waals surface area contributed by atoms with E-state index in [2.05, 4.69) is 5.32 Å². The molecular formula is C16H16N2O4S. The molecule has 3 rings (SSSR count). The fourth-order valence-corrected chi connectivity index (χ4v) is 4.07. The Morgan fingerprint density at radius 3 is 2.57 bits per heavy atom. The van der Waals surface area contributed by atoms with Crippen molar-refractivity contribution in [3.63, 3.8) is 0 Å². The van der Waals surface area contributed by atoms with Gasteiger partial charge in [-0.15, -0.1) is 11.3 Å². The summed E-state index contributed by atoms with van der Waals surface area (Å²) in [4.78, 5) is 24.4. The molecule has 0 spiro atoms. The third kappa shape index (κ3) is 2.85. The topological polar surface area (TPSA) is 81.5 Å². The second-order valence-corrected chi connectivity index (χ2v) is 6.35. The van der Waals surface area contributed by atoms with E-state index in [1.54, 1.807) is 0 Å². The Hall–Kier alpha value is -2.25. The van der Waals surface area contributed by atoms with E-state index in [1.807, 2.05) is 47.8 Å². The molecule has 2 heterocycles. The van der Waals surface area contributed by atoms with Crippen molar-refractivity contribution in [1.82, 2.24) is 5.32 Å². The van der Waals surface area contributed by atoms with Gasteiger partial charge in [-0.2, -0.15) is 0 Å². The number of rotatable bonds is 4. The van der Waals surface area contributed by atoms with Gasteiger partial charge in [0.05, 0.1) is 13.0 Å². The molecule has 1 aliphatic rings. The number of methoxy groups -OCH3 is 1. The van der Waals surface area contributed by atoms with Crippen molar-refractivity contribution in [3.8, 4) is 0 Å². The first-order chi connectivity index (χ1) is 11.1. The third-order valence-corrected chi connectivity index (χ3v) is 5.13. The van der Waals surface area contributed by atoms with E-state index in [4.69, 9.17) is 4.74 Å². The van der Waals surface area contributed by atoms with Gasteiger partial charge in [-0.1, -0.05) is 36.4 Å². The number of benzene rings is 1. The molecular weight excluding hydrogens is 316 g/mol. The van der Waals surface area contributed by atoms with Crippen molar-refractivity contribution in [2.24, 2.45) is 0 Å². The summed E-state index contributed by atoms with van der Waals surface area (Å²) in [5, 5.41) is 16.7. The Morgan fingerprint density at radius 2 is 2.00 bits per heavy atom. The minimum atomic E-state index is -0.930. The van der Waals surface area contributed by atoms with Crippen molar-refractivity contribution < 1.29 is 14.5 Å². The minimum absolute atomic E-state index is 0.294. The van der Waals surface area contributed by atoms with E-state index in [0.29, 0.717) is 0 Å². The van der Waals surface area contributed by atoms with E-state index < -0.39 is 30.0 Å². The maximum atomic E-state index is 12.2. The van der Waals surface area contributed by atoms with Crippen molar-refractivity contribution >= 4 is 17.3 Å². The molecule has 1 N–H and O–H groups in total. The first-order valence-electron chi connectivity index (χ1n) is 7.19. The molecule has 1 aromatic carbocycles. The smallest absolute Gasteiger partial charge is 0.323 e. The summed E-state index contributed by atoms with van der Waals surface area (Å²) in [5.41, 5.74) is 0.794. The highest BCUT2D eigenvalue weighted by Crippen LogP contribution is 2.41. The van der Waals surface area contributed by atoms with Crippen molar-refractivity contribution in [1.29, 1.82) is 0 Å². The highest BCUT2D eigenvalue weighted by Gasteiger charge is 2.55. The normalized spacial score (nSPS) is 26.8. The lowest BCUT2D eigenvalue weighted by atomic mass is 9.90. The summed E-state index contributed by atoms with van der Waals surface area (Å²) < 4.78 is 4.86. The predicted octanol–water partition coefficient (Wildman–Crippen LogP) is 2.36. The van der Waals surface area contributed by atoms with Crippen LogP contribution in [0.15, 0.2) is 47.8 Å². The molecule has 0 radical (unpaired) electrons. The van der Waals surface area contributed by atoms with Crippen LogP contribution in [-0.2, 0) is 9.53 Å². The number of hydrogen-bond donors (Lipinski definition) is 1. The van der Waals surface area contributed by atoms with Gasteiger partial charge >= 0.3 is 5.97 Å². The van der Waals surface area contributed by atoms with Gasteiger partial charge < -0.3 is 4.74 Å². The lowest BCUT2D eigenvalue weighted by Gasteiger charge is -2.17. The fraction of sp³-hybridized carbons (Fsp3) is 0.312. The van der Waals surface area contributed by atoms with E-state index in [-0.39, 0.29) is 4.92 Å². The molecule has 1 saturated heterocycles. The van der Waals surface area contributed by atoms with Crippen LogP contribution in [0.1, 0.15) is 22.4 Å². The number of carbonyl (C=O) groups excluding carboxylic acids is 1. The number of nitro groups is 1. The molecule has 0 aliphatic carbocycles. The zero-order chi connectivity index (χ0) is 16.4. The predicted molar refractivity (Wildman–Crippen MR) is 86.0 cm³/mol. The van der Waals surface area contributed by atoms with Crippen LogP contribution in [0.2, 0.25) is 0 Å². The van der Waals surface area contributed by atoms with Crippen LogP contribution in [0.3, 0.4) is 0 Å². The number of carbonyl (C=O) groups is 1. The lowest BCUT2D eigenvalue weighted by molar-refractivity contribution is -0.527. The molecule has 1 fully saturated rings. The van der Waals surface area contributed by atoms with Gasteiger partial charge in [0.25, 0.3) is 0 Å². The molecule has 6 nitrogen and oxygen atoms in total. The molecule has 120 valence electrons. The van der Waals surface area contributed by atoms with Gasteiger partial charge in [0.2, 0.25) is 6.04 Å². The van der Waals surface area contributed by atoms with Crippen molar-refractivity contribution in [3.05, 3.63) is 68.4 Å². The summed E-state index contributed by atoms with van der Waals surface area (Å²) >= 11 is 1.42. The van der Waals surface area contributed by atoms with Gasteiger partial charge in [0.15, 0.2) is 0 Å². The standard InChI is InChI=1S/C16H16N2O4S/c1-22-16(19)14-12(11-8-5-9-23-11)15(18(20)21)13(17-14)10-6-3-2-4-7-10/h2-9,12-15,17H,1H3/t12-,13-,14-,15+/m1/s1. The molecule has 4 atom stereocenters. The molecule has 0 saturated carbocycles. The monoisotopic (exact) mass is 332 g/mol. The number of hydrogen-bond acceptors (Lipinski definition) is 6. The summed E-state index contributed by atoms with van der Waals surface area (Å²) in [7, 11) is 1.30. The van der Waals surface area contributed by atoms with Crippen molar-refractivity contribution in [2.75, 3.05) is 7.11 Å². The highest BCUT2D eigenvalue weighted by atomic mass is 32.1. The molecule has 1 aliphatic heterocycles. The molecule has 1 aromatic heterocycles. The van der Waals surface area contributed by atoms with Crippen LogP contribution in [0.25, 0.3) is 0 Å². The number of nitrogens with zero attached hydrogens (tertiary/aromatic N) is 1. The summed E-state index contributed by atoms with van der Waals surface area (Å²) in [5.74, 6) is -1.03. The second kappa shape index (κ2) is 6.47. The van der Waals surface area contributed by atoms with Crippen LogP contribution in [0.5, 0.6) is 0 Å². The molecule has 23 heavy (non-hydrogen) atoms. The summed E-state index contributed by atoms with van der Waals surface area (Å²) in [6.45, 7) is 0. The Morgan fingerprint density at radius 1 is 1.26 bits per heavy atom. The van der Waals surface area contributed by atoms with Gasteiger partial charge in [-0.3, -0.25) is 20.2 Å². The average Bonchev–Trinajstić information content (AvgIpc) is 3.21. The highest BCUT2D eigenvalue weighted by molar-refractivity contribution is 7.10. The van der Waals surface area contributed by atoms with Crippen LogP contribution < -0.4 is 5.32 Å². The molecule has 0 unspecified atom stereocenters. The zero-order valence-electron chi connectivity index (χ0n) is 12.4. The Labute approximate surface area is 137 Å². The molecule has 0 bridgehead atoms. The van der Waals surface area contributed by atoms with Crippen LogP contribution >= 0.6 is 11.3 Å². The van der Waals surface area contributed by atoms with Crippen LogP contribution in [-0.4, -0.2) is 30.1 Å². The molecule has 0 amide bonds. The second-order valence-electron chi connectivity index (χ2n) is 5.37. The lowest BCUT2D eigenvalue weighted by Crippen LogP contribution is -2.36. The average molecular weight is 332 g/mol. The quantitative estimate of drug-likeness (QED) is 0.528. The first kappa shape index (κ1) is 15.6. The summed E-state index contributed by atoms with van der Waals surface area (Å²) in [6, 6.07) is 10.6. The molecule has 2 aromatic rings. The third-order valence-electron chi connectivity index (χ3n) is 4.16. The van der Waals surface area contributed by atoms with Gasteiger partial charge in [-0.05, 0) is 17.0 Å². The molecule has 7 heteroatoms. The van der Waals surface area contributed by atoms with E-state index in [0.717, 1.165) is 10.4 Å². The maximum absolute atomic E-state index is 12.2. The van der Waals surface area contributed by atoms with Crippen molar-refractivity contribution in [2.45, 2.75) is 24.0 Å².